The molecule has 8 heteroatoms. The van der Waals surface area contributed by atoms with Crippen molar-refractivity contribution >= 4 is 33.0 Å². The third-order valence-electron chi connectivity index (χ3n) is 3.45. The van der Waals surface area contributed by atoms with E-state index < -0.39 is 9.84 Å². The van der Waals surface area contributed by atoms with E-state index >= 15 is 0 Å². The molecule has 1 aliphatic rings. The number of halogens is 1. The van der Waals surface area contributed by atoms with Crippen LogP contribution in [0.3, 0.4) is 0 Å². The molecule has 1 fully saturated rings. The molecule has 0 saturated carbocycles. The first-order valence-electron chi connectivity index (χ1n) is 6.97. The van der Waals surface area contributed by atoms with Crippen LogP contribution in [0.25, 0.3) is 0 Å². The number of hydrogen-bond acceptors (Lipinski definition) is 5. The Balaban J connectivity index is 1.75. The minimum Gasteiger partial charge on any atom is -0.495 e. The molecule has 6 nitrogen and oxygen atoms in total. The molecule has 22 heavy (non-hydrogen) atoms. The van der Waals surface area contributed by atoms with Gasteiger partial charge in [-0.05, 0) is 24.6 Å². The maximum Gasteiger partial charge on any atom is 0.225 e. The quantitative estimate of drug-likeness (QED) is 0.814. The normalized spacial score (nSPS) is 19.8. The van der Waals surface area contributed by atoms with Crippen molar-refractivity contribution in [3.63, 3.8) is 0 Å². The maximum absolute atomic E-state index is 11.8. The summed E-state index contributed by atoms with van der Waals surface area (Å²) >= 11 is 5.98. The van der Waals surface area contributed by atoms with Crippen molar-refractivity contribution in [1.82, 2.24) is 5.32 Å². The molecule has 1 amide bonds. The van der Waals surface area contributed by atoms with Crippen molar-refractivity contribution in [3.8, 4) is 5.75 Å². The molecule has 1 saturated heterocycles. The number of ether oxygens (including phenoxy) is 1. The average Bonchev–Trinajstić information content (AvgIpc) is 2.78. The summed E-state index contributed by atoms with van der Waals surface area (Å²) in [6.45, 7) is 0.440. The van der Waals surface area contributed by atoms with Gasteiger partial charge in [-0.2, -0.15) is 0 Å². The van der Waals surface area contributed by atoms with Crippen molar-refractivity contribution in [2.45, 2.75) is 18.9 Å². The highest BCUT2D eigenvalue weighted by atomic mass is 35.5. The van der Waals surface area contributed by atoms with Crippen molar-refractivity contribution in [1.29, 1.82) is 0 Å². The number of methoxy groups -OCH3 is 1. The fraction of sp³-hybridized carbons (Fsp3) is 0.500. The number of rotatable bonds is 6. The largest absolute Gasteiger partial charge is 0.495 e. The van der Waals surface area contributed by atoms with E-state index in [4.69, 9.17) is 16.3 Å². The van der Waals surface area contributed by atoms with E-state index in [1.807, 2.05) is 0 Å². The Morgan fingerprint density at radius 3 is 2.82 bits per heavy atom. The summed E-state index contributed by atoms with van der Waals surface area (Å²) in [6, 6.07) is 4.96. The number of carbonyl (C=O) groups is 1. The van der Waals surface area contributed by atoms with E-state index in [1.165, 1.54) is 7.11 Å². The number of sulfone groups is 1. The summed E-state index contributed by atoms with van der Waals surface area (Å²) in [4.78, 5) is 11.8. The van der Waals surface area contributed by atoms with Crippen LogP contribution >= 0.6 is 11.6 Å². The van der Waals surface area contributed by atoms with E-state index in [9.17, 15) is 13.2 Å². The third-order valence-corrected chi connectivity index (χ3v) is 5.52. The van der Waals surface area contributed by atoms with Crippen LogP contribution in [0.5, 0.6) is 5.75 Å². The third kappa shape index (κ3) is 4.86. The monoisotopic (exact) mass is 346 g/mol. The molecule has 1 aliphatic heterocycles. The average molecular weight is 347 g/mol. The van der Waals surface area contributed by atoms with Gasteiger partial charge < -0.3 is 15.4 Å². The molecule has 0 radical (unpaired) electrons. The number of anilines is 1. The Hall–Kier alpha value is -1.31. The first-order chi connectivity index (χ1) is 10.4. The number of hydrogen-bond donors (Lipinski definition) is 2. The lowest BCUT2D eigenvalue weighted by molar-refractivity contribution is -0.116. The molecule has 0 spiro atoms. The highest BCUT2D eigenvalue weighted by Crippen LogP contribution is 2.27. The molecule has 1 unspecified atom stereocenters. The summed E-state index contributed by atoms with van der Waals surface area (Å²) in [5.41, 5.74) is 0.597. The predicted molar refractivity (Wildman–Crippen MR) is 86.3 cm³/mol. The van der Waals surface area contributed by atoms with Crippen LogP contribution in [-0.4, -0.2) is 45.5 Å². The summed E-state index contributed by atoms with van der Waals surface area (Å²) < 4.78 is 27.7. The highest BCUT2D eigenvalue weighted by molar-refractivity contribution is 7.91. The van der Waals surface area contributed by atoms with E-state index in [-0.39, 0.29) is 29.9 Å². The van der Waals surface area contributed by atoms with Crippen LogP contribution in [0.4, 0.5) is 5.69 Å². The van der Waals surface area contributed by atoms with E-state index in [0.717, 1.165) is 0 Å². The van der Waals surface area contributed by atoms with Crippen LogP contribution in [0.1, 0.15) is 12.8 Å². The zero-order valence-electron chi connectivity index (χ0n) is 12.3. The highest BCUT2D eigenvalue weighted by Gasteiger charge is 2.27. The van der Waals surface area contributed by atoms with Crippen LogP contribution in [0.2, 0.25) is 5.02 Å². The molecule has 1 aromatic rings. The van der Waals surface area contributed by atoms with E-state index in [2.05, 4.69) is 10.6 Å². The minimum absolute atomic E-state index is 0.0479. The topological polar surface area (TPSA) is 84.5 Å². The smallest absolute Gasteiger partial charge is 0.225 e. The lowest BCUT2D eigenvalue weighted by Crippen LogP contribution is -2.32. The van der Waals surface area contributed by atoms with Gasteiger partial charge in [0.25, 0.3) is 0 Å². The Morgan fingerprint density at radius 1 is 1.45 bits per heavy atom. The van der Waals surface area contributed by atoms with Crippen LogP contribution in [0.15, 0.2) is 18.2 Å². The zero-order chi connectivity index (χ0) is 16.2. The SMILES string of the molecule is COc1ccc(NC(=O)CCNC2CCS(=O)(=O)C2)cc1Cl. The molecule has 122 valence electrons. The number of amides is 1. The van der Waals surface area contributed by atoms with Crippen LogP contribution < -0.4 is 15.4 Å². The molecular weight excluding hydrogens is 328 g/mol. The van der Waals surface area contributed by atoms with E-state index in [1.54, 1.807) is 18.2 Å². The molecule has 2 N–H and O–H groups in total. The summed E-state index contributed by atoms with van der Waals surface area (Å²) in [5.74, 6) is 0.766. The Bertz CT molecular complexity index is 648. The molecule has 1 heterocycles. The summed E-state index contributed by atoms with van der Waals surface area (Å²) in [6.07, 6.45) is 0.873. The molecule has 0 aliphatic carbocycles. The Morgan fingerprint density at radius 2 is 2.23 bits per heavy atom. The summed E-state index contributed by atoms with van der Waals surface area (Å²) in [5, 5.41) is 6.26. The Kier molecular flexibility index (Phi) is 5.66. The second kappa shape index (κ2) is 7.30. The van der Waals surface area contributed by atoms with Crippen molar-refractivity contribution in [2.24, 2.45) is 0 Å². The number of nitrogens with one attached hydrogen (secondary N) is 2. The number of carbonyl (C=O) groups excluding carboxylic acids is 1. The molecule has 0 bridgehead atoms. The second-order valence-electron chi connectivity index (χ2n) is 5.20. The van der Waals surface area contributed by atoms with Crippen LogP contribution in [-0.2, 0) is 14.6 Å². The van der Waals surface area contributed by atoms with Gasteiger partial charge in [-0.3, -0.25) is 4.79 Å². The Labute approximate surface area is 135 Å². The molecule has 2 rings (SSSR count). The van der Waals surface area contributed by atoms with Crippen molar-refractivity contribution < 1.29 is 17.9 Å². The first-order valence-corrected chi connectivity index (χ1v) is 9.17. The van der Waals surface area contributed by atoms with Crippen LogP contribution in [0, 0.1) is 0 Å². The van der Waals surface area contributed by atoms with Gasteiger partial charge >= 0.3 is 0 Å². The molecule has 1 atom stereocenters. The fourth-order valence-corrected chi connectivity index (χ4v) is 4.28. The fourth-order valence-electron chi connectivity index (χ4n) is 2.31. The van der Waals surface area contributed by atoms with Crippen molar-refractivity contribution in [3.05, 3.63) is 23.2 Å². The van der Waals surface area contributed by atoms with Gasteiger partial charge in [0, 0.05) is 24.7 Å². The lowest BCUT2D eigenvalue weighted by atomic mass is 10.2. The lowest BCUT2D eigenvalue weighted by Gasteiger charge is -2.11. The standard InChI is InChI=1S/C14H19ClN2O4S/c1-21-13-3-2-10(8-12(13)15)17-14(18)4-6-16-11-5-7-22(19,20)9-11/h2-3,8,11,16H,4-7,9H2,1H3,(H,17,18). The predicted octanol–water partition coefficient (Wildman–Crippen LogP) is 1.45. The van der Waals surface area contributed by atoms with Crippen molar-refractivity contribution in [2.75, 3.05) is 30.5 Å². The van der Waals surface area contributed by atoms with Gasteiger partial charge in [0.05, 0.1) is 23.6 Å². The second-order valence-corrected chi connectivity index (χ2v) is 7.84. The van der Waals surface area contributed by atoms with Gasteiger partial charge in [0.15, 0.2) is 9.84 Å². The van der Waals surface area contributed by atoms with Gasteiger partial charge in [-0.25, -0.2) is 8.42 Å². The molecular formula is C14H19ClN2O4S. The van der Waals surface area contributed by atoms with E-state index in [0.29, 0.717) is 29.4 Å². The van der Waals surface area contributed by atoms with Gasteiger partial charge in [-0.15, -0.1) is 0 Å². The van der Waals surface area contributed by atoms with Gasteiger partial charge in [-0.1, -0.05) is 11.6 Å². The van der Waals surface area contributed by atoms with Gasteiger partial charge in [0.2, 0.25) is 5.91 Å². The molecule has 0 aromatic heterocycles. The zero-order valence-corrected chi connectivity index (χ0v) is 13.8. The molecule has 1 aromatic carbocycles. The summed E-state index contributed by atoms with van der Waals surface area (Å²) in [7, 11) is -1.37. The maximum atomic E-state index is 11.8. The van der Waals surface area contributed by atoms with Gasteiger partial charge in [0.1, 0.15) is 5.75 Å². The number of benzene rings is 1. The first kappa shape index (κ1) is 17.1. The minimum atomic E-state index is -2.90.